The maximum absolute atomic E-state index is 4.55. The number of rotatable bonds is 5. The highest BCUT2D eigenvalue weighted by Crippen LogP contribution is 2.35. The van der Waals surface area contributed by atoms with E-state index in [9.17, 15) is 0 Å². The van der Waals surface area contributed by atoms with Gasteiger partial charge in [0, 0.05) is 0 Å². The Morgan fingerprint density at radius 1 is 0.935 bits per heavy atom. The zero-order valence-corrected chi connectivity index (χ0v) is 19.9. The van der Waals surface area contributed by atoms with Crippen LogP contribution in [0.25, 0.3) is 16.7 Å². The monoisotopic (exact) mass is 408 g/mol. The molecule has 3 aromatic rings. The van der Waals surface area contributed by atoms with Crippen molar-refractivity contribution in [1.29, 1.82) is 0 Å². The zero-order chi connectivity index (χ0) is 22.2. The van der Waals surface area contributed by atoms with Crippen molar-refractivity contribution in [2.24, 2.45) is 5.92 Å². The van der Waals surface area contributed by atoms with Crippen LogP contribution < -0.4 is 0 Å². The summed E-state index contributed by atoms with van der Waals surface area (Å²) in [6.07, 6.45) is 4.67. The smallest absolute Gasteiger partial charge is 0.00253 e. The van der Waals surface area contributed by atoms with Crippen molar-refractivity contribution in [3.05, 3.63) is 101 Å². The molecule has 31 heavy (non-hydrogen) atoms. The fraction of sp³-hybridized carbons (Fsp3) is 0.355. The summed E-state index contributed by atoms with van der Waals surface area (Å²) in [5.74, 6) is 0.826. The third-order valence-electron chi connectivity index (χ3n) is 6.97. The normalized spacial score (nSPS) is 15.7. The van der Waals surface area contributed by atoms with Crippen molar-refractivity contribution in [3.8, 4) is 11.1 Å². The first-order chi connectivity index (χ1) is 14.8. The van der Waals surface area contributed by atoms with Gasteiger partial charge >= 0.3 is 0 Å². The molecule has 0 spiro atoms. The Kier molecular flexibility index (Phi) is 5.93. The van der Waals surface area contributed by atoms with E-state index in [1.54, 1.807) is 11.1 Å². The van der Waals surface area contributed by atoms with Gasteiger partial charge in [-0.25, -0.2) is 0 Å². The zero-order valence-electron chi connectivity index (χ0n) is 19.9. The van der Waals surface area contributed by atoms with Gasteiger partial charge in [0.1, 0.15) is 0 Å². The van der Waals surface area contributed by atoms with E-state index in [2.05, 4.69) is 102 Å². The van der Waals surface area contributed by atoms with Gasteiger partial charge in [0.25, 0.3) is 0 Å². The molecule has 0 heteroatoms. The Morgan fingerprint density at radius 3 is 2.32 bits per heavy atom. The van der Waals surface area contributed by atoms with Gasteiger partial charge < -0.3 is 0 Å². The number of allylic oxidation sites excluding steroid dienone is 1. The van der Waals surface area contributed by atoms with Crippen molar-refractivity contribution in [1.82, 2.24) is 0 Å². The van der Waals surface area contributed by atoms with Gasteiger partial charge in [-0.3, -0.25) is 0 Å². The van der Waals surface area contributed by atoms with Crippen LogP contribution in [0, 0.1) is 12.8 Å². The molecule has 0 radical (unpaired) electrons. The van der Waals surface area contributed by atoms with Crippen molar-refractivity contribution < 1.29 is 0 Å². The SMILES string of the molecule is C=C(Cc1ccc2c(c1)CC(CC)C2)c1c(C)cccc1-c1ccc(C(C)(C)C)cc1. The molecule has 0 bridgehead atoms. The van der Waals surface area contributed by atoms with Gasteiger partial charge in [-0.05, 0) is 87.6 Å². The quantitative estimate of drug-likeness (QED) is 0.398. The summed E-state index contributed by atoms with van der Waals surface area (Å²) < 4.78 is 0. The first-order valence-electron chi connectivity index (χ1n) is 11.8. The lowest BCUT2D eigenvalue weighted by atomic mass is 9.84. The predicted octanol–water partition coefficient (Wildman–Crippen LogP) is 8.34. The van der Waals surface area contributed by atoms with Gasteiger partial charge in [0.2, 0.25) is 0 Å². The van der Waals surface area contributed by atoms with Crippen LogP contribution in [0.15, 0.2) is 67.2 Å². The van der Waals surface area contributed by atoms with Gasteiger partial charge in [-0.15, -0.1) is 0 Å². The first-order valence-corrected chi connectivity index (χ1v) is 11.8. The van der Waals surface area contributed by atoms with Gasteiger partial charge in [-0.2, -0.15) is 0 Å². The number of benzene rings is 3. The Labute approximate surface area is 189 Å². The second-order valence-electron chi connectivity index (χ2n) is 10.4. The van der Waals surface area contributed by atoms with Crippen molar-refractivity contribution in [2.45, 2.75) is 65.7 Å². The van der Waals surface area contributed by atoms with E-state index in [-0.39, 0.29) is 5.41 Å². The predicted molar refractivity (Wildman–Crippen MR) is 136 cm³/mol. The van der Waals surface area contributed by atoms with Gasteiger partial charge in [0.05, 0.1) is 0 Å². The van der Waals surface area contributed by atoms with E-state index < -0.39 is 0 Å². The molecule has 0 heterocycles. The van der Waals surface area contributed by atoms with Gasteiger partial charge in [-0.1, -0.05) is 101 Å². The lowest BCUT2D eigenvalue weighted by molar-refractivity contribution is 0.543. The van der Waals surface area contributed by atoms with E-state index in [4.69, 9.17) is 0 Å². The molecule has 0 saturated carbocycles. The van der Waals surface area contributed by atoms with E-state index in [1.165, 1.54) is 58.2 Å². The summed E-state index contributed by atoms with van der Waals surface area (Å²) in [4.78, 5) is 0. The standard InChI is InChI=1S/C31H36/c1-7-23-18-26-12-11-24(20-27(26)19-23)17-22(3)30-21(2)9-8-10-29(30)25-13-15-28(16-14-25)31(4,5)6/h8-16,20,23H,3,7,17-19H2,1-2,4-6H3. The number of aryl methyl sites for hydroxylation is 1. The second kappa shape index (κ2) is 8.50. The third-order valence-corrected chi connectivity index (χ3v) is 6.97. The molecule has 0 nitrogen and oxygen atoms in total. The second-order valence-corrected chi connectivity index (χ2v) is 10.4. The molecular weight excluding hydrogens is 372 g/mol. The molecular formula is C31H36. The van der Waals surface area contributed by atoms with Crippen LogP contribution >= 0.6 is 0 Å². The summed E-state index contributed by atoms with van der Waals surface area (Å²) in [6, 6.07) is 22.8. The van der Waals surface area contributed by atoms with Crippen LogP contribution in [0.4, 0.5) is 0 Å². The topological polar surface area (TPSA) is 0 Å². The van der Waals surface area contributed by atoms with E-state index in [0.717, 1.165) is 12.3 Å². The Balaban J connectivity index is 1.63. The van der Waals surface area contributed by atoms with Crippen LogP contribution in [0.5, 0.6) is 0 Å². The molecule has 0 aliphatic heterocycles. The molecule has 0 fully saturated rings. The molecule has 0 N–H and O–H groups in total. The van der Waals surface area contributed by atoms with Crippen LogP contribution in [0.3, 0.4) is 0 Å². The molecule has 1 atom stereocenters. The minimum absolute atomic E-state index is 0.169. The number of fused-ring (bicyclic) bond motifs is 1. The van der Waals surface area contributed by atoms with E-state index >= 15 is 0 Å². The molecule has 0 amide bonds. The first kappa shape index (κ1) is 21.6. The van der Waals surface area contributed by atoms with Crippen LogP contribution in [0.2, 0.25) is 0 Å². The number of hydrogen-bond donors (Lipinski definition) is 0. The van der Waals surface area contributed by atoms with Crippen LogP contribution in [-0.2, 0) is 24.7 Å². The Bertz CT molecular complexity index is 1090. The molecule has 1 unspecified atom stereocenters. The largest absolute Gasteiger partial charge is 0.0949 e. The van der Waals surface area contributed by atoms with Crippen LogP contribution in [0.1, 0.15) is 67.5 Å². The summed E-state index contributed by atoms with van der Waals surface area (Å²) >= 11 is 0. The average Bonchev–Trinajstić information content (AvgIpc) is 3.15. The molecule has 0 aromatic heterocycles. The van der Waals surface area contributed by atoms with E-state index in [0.29, 0.717) is 0 Å². The summed E-state index contributed by atoms with van der Waals surface area (Å²) in [5.41, 5.74) is 12.4. The maximum atomic E-state index is 4.55. The highest BCUT2D eigenvalue weighted by molar-refractivity contribution is 5.83. The molecule has 1 aliphatic rings. The highest BCUT2D eigenvalue weighted by atomic mass is 14.3. The summed E-state index contributed by atoms with van der Waals surface area (Å²) in [7, 11) is 0. The summed E-state index contributed by atoms with van der Waals surface area (Å²) in [5, 5.41) is 0. The van der Waals surface area contributed by atoms with Crippen LogP contribution in [-0.4, -0.2) is 0 Å². The molecule has 4 rings (SSSR count). The third kappa shape index (κ3) is 4.54. The fourth-order valence-corrected chi connectivity index (χ4v) is 5.02. The minimum Gasteiger partial charge on any atom is -0.0949 e. The summed E-state index contributed by atoms with van der Waals surface area (Å²) in [6.45, 7) is 15.9. The highest BCUT2D eigenvalue weighted by Gasteiger charge is 2.20. The molecule has 0 saturated heterocycles. The lowest BCUT2D eigenvalue weighted by Gasteiger charge is -2.20. The number of hydrogen-bond acceptors (Lipinski definition) is 0. The maximum Gasteiger partial charge on any atom is -0.00253 e. The fourth-order valence-electron chi connectivity index (χ4n) is 5.02. The molecule has 160 valence electrons. The van der Waals surface area contributed by atoms with Crippen molar-refractivity contribution in [3.63, 3.8) is 0 Å². The van der Waals surface area contributed by atoms with Crippen molar-refractivity contribution >= 4 is 5.57 Å². The van der Waals surface area contributed by atoms with Gasteiger partial charge in [0.15, 0.2) is 0 Å². The molecule has 1 aliphatic carbocycles. The average molecular weight is 409 g/mol. The van der Waals surface area contributed by atoms with Crippen molar-refractivity contribution in [2.75, 3.05) is 0 Å². The van der Waals surface area contributed by atoms with E-state index in [1.807, 2.05) is 0 Å². The Morgan fingerprint density at radius 2 is 1.65 bits per heavy atom. The minimum atomic E-state index is 0.169. The lowest BCUT2D eigenvalue weighted by Crippen LogP contribution is -2.10. The molecule has 3 aromatic carbocycles. The Hall–Kier alpha value is -2.60.